The fraction of sp³-hybridized carbons (Fsp3) is 0.450. The fourth-order valence-corrected chi connectivity index (χ4v) is 3.24. The number of esters is 1. The summed E-state index contributed by atoms with van der Waals surface area (Å²) in [5.41, 5.74) is 0.613. The van der Waals surface area contributed by atoms with Crippen molar-refractivity contribution in [2.45, 2.75) is 32.6 Å². The predicted molar refractivity (Wildman–Crippen MR) is 106 cm³/mol. The number of carbonyl (C=O) groups excluding carboxylic acids is 2. The molecular weight excluding hydrogens is 363 g/mol. The van der Waals surface area contributed by atoms with Gasteiger partial charge in [-0.3, -0.25) is 4.79 Å². The van der Waals surface area contributed by atoms with Crippen LogP contribution in [0.25, 0.3) is 10.9 Å². The lowest BCUT2D eigenvalue weighted by atomic mass is 10.1. The molecule has 2 heterocycles. The quantitative estimate of drug-likeness (QED) is 0.741. The average Bonchev–Trinajstić information content (AvgIpc) is 2.68. The zero-order chi connectivity index (χ0) is 19.9. The molecule has 1 saturated heterocycles. The molecule has 0 saturated carbocycles. The van der Waals surface area contributed by atoms with E-state index in [9.17, 15) is 14.0 Å². The number of amides is 2. The molecule has 0 atom stereocenters. The summed E-state index contributed by atoms with van der Waals surface area (Å²) in [4.78, 5) is 29.9. The molecule has 2 amide bonds. The van der Waals surface area contributed by atoms with Crippen molar-refractivity contribution in [3.8, 4) is 0 Å². The zero-order valence-electron chi connectivity index (χ0n) is 16.0. The topological polar surface area (TPSA) is 83.6 Å². The number of benzene rings is 1. The van der Waals surface area contributed by atoms with E-state index in [4.69, 9.17) is 4.74 Å². The van der Waals surface area contributed by atoms with Gasteiger partial charge >= 0.3 is 12.0 Å². The second-order valence-electron chi connectivity index (χ2n) is 6.68. The molecule has 1 aliphatic rings. The molecule has 0 spiro atoms. The number of aromatic nitrogens is 1. The lowest BCUT2D eigenvalue weighted by molar-refractivity contribution is -0.142. The van der Waals surface area contributed by atoms with E-state index in [1.54, 1.807) is 13.0 Å². The Kier molecular flexibility index (Phi) is 6.62. The van der Waals surface area contributed by atoms with E-state index in [0.29, 0.717) is 17.7 Å². The second-order valence-corrected chi connectivity index (χ2v) is 6.68. The number of piperidine rings is 1. The maximum atomic E-state index is 14.6. The van der Waals surface area contributed by atoms with Gasteiger partial charge in [0.15, 0.2) is 5.82 Å². The highest BCUT2D eigenvalue weighted by Gasteiger charge is 2.14. The van der Waals surface area contributed by atoms with Crippen molar-refractivity contribution in [3.63, 3.8) is 0 Å². The van der Waals surface area contributed by atoms with E-state index in [-0.39, 0.29) is 24.5 Å². The van der Waals surface area contributed by atoms with Crippen molar-refractivity contribution in [3.05, 3.63) is 30.1 Å². The molecule has 28 heavy (non-hydrogen) atoms. The highest BCUT2D eigenvalue weighted by molar-refractivity contribution is 5.93. The van der Waals surface area contributed by atoms with Gasteiger partial charge in [0, 0.05) is 30.7 Å². The number of carbonyl (C=O) groups is 2. The molecule has 1 fully saturated rings. The monoisotopic (exact) mass is 388 g/mol. The van der Waals surface area contributed by atoms with Crippen LogP contribution in [0.5, 0.6) is 0 Å². The van der Waals surface area contributed by atoms with Crippen LogP contribution in [-0.4, -0.2) is 43.2 Å². The number of urea groups is 1. The van der Waals surface area contributed by atoms with Crippen molar-refractivity contribution < 1.29 is 18.7 Å². The summed E-state index contributed by atoms with van der Waals surface area (Å²) >= 11 is 0. The van der Waals surface area contributed by atoms with Gasteiger partial charge in [-0.1, -0.05) is 0 Å². The minimum atomic E-state index is -0.513. The third-order valence-electron chi connectivity index (χ3n) is 4.59. The maximum absolute atomic E-state index is 14.6. The Hall–Kier alpha value is -2.90. The highest BCUT2D eigenvalue weighted by Crippen LogP contribution is 2.26. The normalized spacial score (nSPS) is 14.0. The van der Waals surface area contributed by atoms with E-state index >= 15 is 0 Å². The van der Waals surface area contributed by atoms with Gasteiger partial charge in [-0.2, -0.15) is 0 Å². The van der Waals surface area contributed by atoms with Crippen molar-refractivity contribution in [2.24, 2.45) is 0 Å². The lowest BCUT2D eigenvalue weighted by Gasteiger charge is -2.27. The molecule has 1 aromatic carbocycles. The van der Waals surface area contributed by atoms with E-state index in [2.05, 4.69) is 20.5 Å². The van der Waals surface area contributed by atoms with Gasteiger partial charge < -0.3 is 20.3 Å². The summed E-state index contributed by atoms with van der Waals surface area (Å²) in [6.45, 7) is 4.03. The first kappa shape index (κ1) is 19.9. The first-order chi connectivity index (χ1) is 13.6. The molecule has 8 heteroatoms. The number of hydrogen-bond donors (Lipinski definition) is 2. The van der Waals surface area contributed by atoms with Gasteiger partial charge in [0.25, 0.3) is 0 Å². The van der Waals surface area contributed by atoms with Crippen LogP contribution in [0.1, 0.15) is 32.6 Å². The second kappa shape index (κ2) is 9.34. The Labute approximate surface area is 163 Å². The smallest absolute Gasteiger partial charge is 0.319 e. The van der Waals surface area contributed by atoms with Crippen LogP contribution in [0.15, 0.2) is 24.3 Å². The van der Waals surface area contributed by atoms with Crippen molar-refractivity contribution in [2.75, 3.05) is 36.5 Å². The minimum Gasteiger partial charge on any atom is -0.466 e. The zero-order valence-corrected chi connectivity index (χ0v) is 16.0. The summed E-state index contributed by atoms with van der Waals surface area (Å²) in [5.74, 6) is -0.0863. The van der Waals surface area contributed by atoms with Crippen LogP contribution in [-0.2, 0) is 9.53 Å². The van der Waals surface area contributed by atoms with Crippen LogP contribution in [0, 0.1) is 5.82 Å². The van der Waals surface area contributed by atoms with Gasteiger partial charge in [0.1, 0.15) is 11.3 Å². The number of nitrogens with one attached hydrogen (secondary N) is 2. The third-order valence-corrected chi connectivity index (χ3v) is 4.59. The standard InChI is InChI=1S/C20H25FN4O3/c1-2-28-18(26)8-9-22-20(27)23-15-12-14-6-7-17(24-19(14)16(21)13-15)25-10-4-3-5-11-25/h6-7,12-13H,2-5,8-11H2,1H3,(H2,22,23,27). The predicted octanol–water partition coefficient (Wildman–Crippen LogP) is 3.44. The molecule has 7 nitrogen and oxygen atoms in total. The molecule has 1 aliphatic heterocycles. The van der Waals surface area contributed by atoms with Gasteiger partial charge in [-0.25, -0.2) is 14.2 Å². The van der Waals surface area contributed by atoms with Crippen LogP contribution >= 0.6 is 0 Å². The van der Waals surface area contributed by atoms with Crippen LogP contribution < -0.4 is 15.5 Å². The fourth-order valence-electron chi connectivity index (χ4n) is 3.24. The molecular formula is C20H25FN4O3. The number of anilines is 2. The molecule has 2 aromatic rings. The summed E-state index contributed by atoms with van der Waals surface area (Å²) < 4.78 is 19.4. The summed E-state index contributed by atoms with van der Waals surface area (Å²) in [6, 6.07) is 6.12. The van der Waals surface area contributed by atoms with Crippen molar-refractivity contribution in [1.29, 1.82) is 0 Å². The third kappa shape index (κ3) is 5.09. The Balaban J connectivity index is 1.64. The number of ether oxygens (including phenoxy) is 1. The van der Waals surface area contributed by atoms with E-state index in [0.717, 1.165) is 31.7 Å². The first-order valence-electron chi connectivity index (χ1n) is 9.62. The number of rotatable bonds is 6. The maximum Gasteiger partial charge on any atom is 0.319 e. The minimum absolute atomic E-state index is 0.0799. The molecule has 0 radical (unpaired) electrons. The van der Waals surface area contributed by atoms with Crippen molar-refractivity contribution in [1.82, 2.24) is 10.3 Å². The van der Waals surface area contributed by atoms with E-state index < -0.39 is 11.8 Å². The number of fused-ring (bicyclic) bond motifs is 1. The molecule has 2 N–H and O–H groups in total. The molecule has 0 aliphatic carbocycles. The van der Waals surface area contributed by atoms with Crippen LogP contribution in [0.2, 0.25) is 0 Å². The van der Waals surface area contributed by atoms with Gasteiger partial charge in [0.05, 0.1) is 13.0 Å². The van der Waals surface area contributed by atoms with Crippen molar-refractivity contribution >= 4 is 34.4 Å². The Morgan fingerprint density at radius 1 is 1.21 bits per heavy atom. The van der Waals surface area contributed by atoms with Gasteiger partial charge in [-0.05, 0) is 50.5 Å². The Morgan fingerprint density at radius 2 is 2.00 bits per heavy atom. The number of hydrogen-bond acceptors (Lipinski definition) is 5. The molecule has 0 bridgehead atoms. The summed E-state index contributed by atoms with van der Waals surface area (Å²) in [6.07, 6.45) is 3.54. The SMILES string of the molecule is CCOC(=O)CCNC(=O)Nc1cc(F)c2nc(N3CCCCC3)ccc2c1. The summed E-state index contributed by atoms with van der Waals surface area (Å²) in [5, 5.41) is 5.74. The molecule has 1 aromatic heterocycles. The van der Waals surface area contributed by atoms with E-state index in [1.807, 2.05) is 12.1 Å². The average molecular weight is 388 g/mol. The lowest BCUT2D eigenvalue weighted by Crippen LogP contribution is -2.31. The van der Waals surface area contributed by atoms with Crippen LogP contribution in [0.4, 0.5) is 20.7 Å². The first-order valence-corrected chi connectivity index (χ1v) is 9.62. The molecule has 0 unspecified atom stereocenters. The largest absolute Gasteiger partial charge is 0.466 e. The Bertz CT molecular complexity index is 853. The molecule has 3 rings (SSSR count). The van der Waals surface area contributed by atoms with Crippen LogP contribution in [0.3, 0.4) is 0 Å². The van der Waals surface area contributed by atoms with E-state index in [1.165, 1.54) is 12.5 Å². The Morgan fingerprint density at radius 3 is 2.75 bits per heavy atom. The number of nitrogens with zero attached hydrogens (tertiary/aromatic N) is 2. The van der Waals surface area contributed by atoms with Gasteiger partial charge in [-0.15, -0.1) is 0 Å². The number of pyridine rings is 1. The number of halogens is 1. The van der Waals surface area contributed by atoms with Gasteiger partial charge in [0.2, 0.25) is 0 Å². The highest BCUT2D eigenvalue weighted by atomic mass is 19.1. The summed E-state index contributed by atoms with van der Waals surface area (Å²) in [7, 11) is 0. The molecule has 150 valence electrons.